The highest BCUT2D eigenvalue weighted by Gasteiger charge is 2.40. The molecule has 0 unspecified atom stereocenters. The molecule has 88 valence electrons. The van der Waals surface area contributed by atoms with E-state index in [2.05, 4.69) is 25.5 Å². The van der Waals surface area contributed by atoms with Gasteiger partial charge >= 0.3 is 0 Å². The standard InChI is InChI=1S/C10H9ClFN5/c11-10-13-2-1-8(15-10)14-9-4-7(16-17-9)5-3-6(5)12/h1-2,4-6H,3H2,(H2,13,14,15,16,17)/t5-,6+/m1/s1. The normalized spacial score (nSPS) is 22.5. The fourth-order valence-electron chi connectivity index (χ4n) is 1.61. The van der Waals surface area contributed by atoms with E-state index < -0.39 is 6.17 Å². The molecule has 0 spiro atoms. The second-order valence-corrected chi connectivity index (χ2v) is 4.24. The second-order valence-electron chi connectivity index (χ2n) is 3.90. The Morgan fingerprint density at radius 1 is 1.47 bits per heavy atom. The van der Waals surface area contributed by atoms with Gasteiger partial charge in [-0.2, -0.15) is 5.10 Å². The monoisotopic (exact) mass is 253 g/mol. The fourth-order valence-corrected chi connectivity index (χ4v) is 1.76. The van der Waals surface area contributed by atoms with Gasteiger partial charge in [0.2, 0.25) is 5.28 Å². The topological polar surface area (TPSA) is 66.5 Å². The molecule has 17 heavy (non-hydrogen) atoms. The minimum atomic E-state index is -0.739. The third-order valence-electron chi connectivity index (χ3n) is 2.59. The Morgan fingerprint density at radius 3 is 3.00 bits per heavy atom. The molecule has 1 aliphatic rings. The molecule has 2 heterocycles. The van der Waals surface area contributed by atoms with Gasteiger partial charge in [0, 0.05) is 23.9 Å². The van der Waals surface area contributed by atoms with E-state index in [0.717, 1.165) is 5.69 Å². The van der Waals surface area contributed by atoms with Gasteiger partial charge in [-0.3, -0.25) is 5.10 Å². The molecule has 2 N–H and O–H groups in total. The number of alkyl halides is 1. The van der Waals surface area contributed by atoms with Gasteiger partial charge in [-0.1, -0.05) is 0 Å². The molecule has 3 rings (SSSR count). The molecule has 5 nitrogen and oxygen atoms in total. The quantitative estimate of drug-likeness (QED) is 0.825. The van der Waals surface area contributed by atoms with Crippen LogP contribution < -0.4 is 5.32 Å². The molecule has 2 aromatic heterocycles. The van der Waals surface area contributed by atoms with Crippen LogP contribution in [-0.2, 0) is 0 Å². The smallest absolute Gasteiger partial charge is 0.224 e. The number of H-pyrrole nitrogens is 1. The van der Waals surface area contributed by atoms with Crippen LogP contribution in [0.3, 0.4) is 0 Å². The molecule has 0 amide bonds. The zero-order valence-electron chi connectivity index (χ0n) is 8.69. The van der Waals surface area contributed by atoms with Crippen LogP contribution >= 0.6 is 11.6 Å². The van der Waals surface area contributed by atoms with E-state index in [1.165, 1.54) is 0 Å². The Kier molecular flexibility index (Phi) is 2.44. The molecular formula is C10H9ClFN5. The molecule has 0 aromatic carbocycles. The van der Waals surface area contributed by atoms with Crippen molar-refractivity contribution in [3.8, 4) is 0 Å². The Labute approximate surface area is 101 Å². The highest BCUT2D eigenvalue weighted by molar-refractivity contribution is 6.28. The highest BCUT2D eigenvalue weighted by Crippen LogP contribution is 2.43. The molecule has 1 saturated carbocycles. The second kappa shape index (κ2) is 3.96. The number of anilines is 2. The van der Waals surface area contributed by atoms with Crippen molar-refractivity contribution in [3.05, 3.63) is 29.3 Å². The van der Waals surface area contributed by atoms with Crippen LogP contribution in [0.25, 0.3) is 0 Å². The number of halogens is 2. The molecule has 0 radical (unpaired) electrons. The Balaban J connectivity index is 1.75. The number of hydrogen-bond donors (Lipinski definition) is 2. The summed E-state index contributed by atoms with van der Waals surface area (Å²) < 4.78 is 12.8. The van der Waals surface area contributed by atoms with Crippen molar-refractivity contribution in [2.45, 2.75) is 18.5 Å². The predicted molar refractivity (Wildman–Crippen MR) is 61.2 cm³/mol. The summed E-state index contributed by atoms with van der Waals surface area (Å²) in [5.74, 6) is 1.11. The van der Waals surface area contributed by atoms with Crippen LogP contribution in [0.2, 0.25) is 5.28 Å². The summed E-state index contributed by atoms with van der Waals surface area (Å²) in [6, 6.07) is 3.45. The zero-order valence-corrected chi connectivity index (χ0v) is 9.45. The zero-order chi connectivity index (χ0) is 11.8. The number of nitrogens with one attached hydrogen (secondary N) is 2. The first-order valence-corrected chi connectivity index (χ1v) is 5.55. The van der Waals surface area contributed by atoms with Gasteiger partial charge < -0.3 is 5.32 Å². The molecule has 2 atom stereocenters. The third-order valence-corrected chi connectivity index (χ3v) is 2.77. The third kappa shape index (κ3) is 2.21. The van der Waals surface area contributed by atoms with Gasteiger partial charge in [0.15, 0.2) is 5.82 Å². The van der Waals surface area contributed by atoms with Crippen molar-refractivity contribution in [3.63, 3.8) is 0 Å². The number of aromatic amines is 1. The summed E-state index contributed by atoms with van der Waals surface area (Å²) in [6.45, 7) is 0. The van der Waals surface area contributed by atoms with E-state index in [-0.39, 0.29) is 11.2 Å². The lowest BCUT2D eigenvalue weighted by atomic mass is 10.3. The van der Waals surface area contributed by atoms with Crippen molar-refractivity contribution in [1.82, 2.24) is 20.2 Å². The maximum atomic E-state index is 12.8. The molecule has 0 saturated heterocycles. The van der Waals surface area contributed by atoms with Crippen molar-refractivity contribution in [2.24, 2.45) is 0 Å². The van der Waals surface area contributed by atoms with E-state index >= 15 is 0 Å². The largest absolute Gasteiger partial charge is 0.323 e. The van der Waals surface area contributed by atoms with Crippen molar-refractivity contribution in [2.75, 3.05) is 5.32 Å². The van der Waals surface area contributed by atoms with E-state index in [0.29, 0.717) is 18.1 Å². The van der Waals surface area contributed by atoms with Gasteiger partial charge in [-0.05, 0) is 24.1 Å². The predicted octanol–water partition coefficient (Wildman–Crippen LogP) is 2.42. The summed E-state index contributed by atoms with van der Waals surface area (Å²) in [5, 5.41) is 9.96. The van der Waals surface area contributed by atoms with E-state index in [4.69, 9.17) is 11.6 Å². The molecule has 7 heteroatoms. The molecule has 0 aliphatic heterocycles. The maximum absolute atomic E-state index is 12.8. The van der Waals surface area contributed by atoms with Gasteiger partial charge in [-0.25, -0.2) is 14.4 Å². The highest BCUT2D eigenvalue weighted by atomic mass is 35.5. The van der Waals surface area contributed by atoms with E-state index in [1.807, 2.05) is 0 Å². The Hall–Kier alpha value is -1.69. The maximum Gasteiger partial charge on any atom is 0.224 e. The summed E-state index contributed by atoms with van der Waals surface area (Å²) in [4.78, 5) is 7.74. The summed E-state index contributed by atoms with van der Waals surface area (Å²) >= 11 is 5.66. The summed E-state index contributed by atoms with van der Waals surface area (Å²) in [6.07, 6.45) is 1.38. The van der Waals surface area contributed by atoms with Crippen molar-refractivity contribution >= 4 is 23.2 Å². The average molecular weight is 254 g/mol. The van der Waals surface area contributed by atoms with Crippen LogP contribution in [0.15, 0.2) is 18.3 Å². The lowest BCUT2D eigenvalue weighted by Crippen LogP contribution is -1.94. The van der Waals surface area contributed by atoms with Gasteiger partial charge in [0.1, 0.15) is 12.0 Å². The first-order valence-electron chi connectivity index (χ1n) is 5.17. The molecule has 2 aromatic rings. The Morgan fingerprint density at radius 2 is 2.29 bits per heavy atom. The van der Waals surface area contributed by atoms with Crippen molar-refractivity contribution < 1.29 is 4.39 Å². The average Bonchev–Trinajstić information content (AvgIpc) is 2.85. The number of hydrogen-bond acceptors (Lipinski definition) is 4. The Bertz CT molecular complexity index is 543. The first-order chi connectivity index (χ1) is 8.22. The fraction of sp³-hybridized carbons (Fsp3) is 0.300. The number of rotatable bonds is 3. The van der Waals surface area contributed by atoms with Crippen LogP contribution in [0.5, 0.6) is 0 Å². The molecule has 1 aliphatic carbocycles. The summed E-state index contributed by atoms with van der Waals surface area (Å²) in [5.41, 5.74) is 0.806. The van der Waals surface area contributed by atoms with Crippen LogP contribution in [0, 0.1) is 0 Å². The van der Waals surface area contributed by atoms with Crippen LogP contribution in [0.4, 0.5) is 16.0 Å². The molecule has 1 fully saturated rings. The van der Waals surface area contributed by atoms with Crippen molar-refractivity contribution in [1.29, 1.82) is 0 Å². The van der Waals surface area contributed by atoms with Crippen LogP contribution in [0.1, 0.15) is 18.0 Å². The van der Waals surface area contributed by atoms with E-state index in [1.54, 1.807) is 18.3 Å². The first kappa shape index (κ1) is 10.5. The number of nitrogens with zero attached hydrogens (tertiary/aromatic N) is 3. The van der Waals surface area contributed by atoms with Crippen LogP contribution in [-0.4, -0.2) is 26.3 Å². The minimum absolute atomic E-state index is 0.0352. The molecular weight excluding hydrogens is 245 g/mol. The van der Waals surface area contributed by atoms with Gasteiger partial charge in [0.25, 0.3) is 0 Å². The lowest BCUT2D eigenvalue weighted by Gasteiger charge is -2.00. The number of aromatic nitrogens is 4. The molecule has 0 bridgehead atoms. The van der Waals surface area contributed by atoms with Gasteiger partial charge in [-0.15, -0.1) is 0 Å². The van der Waals surface area contributed by atoms with E-state index in [9.17, 15) is 4.39 Å². The SMILES string of the molecule is F[C@H]1C[C@H]1c1cc(Nc2ccnc(Cl)n2)n[nH]1. The summed E-state index contributed by atoms with van der Waals surface area (Å²) in [7, 11) is 0. The van der Waals surface area contributed by atoms with Gasteiger partial charge in [0.05, 0.1) is 0 Å². The minimum Gasteiger partial charge on any atom is -0.323 e. The lowest BCUT2D eigenvalue weighted by molar-refractivity contribution is 0.466.